The van der Waals surface area contributed by atoms with Crippen LogP contribution < -0.4 is 0 Å². The molecule has 0 aliphatic rings. The number of benzene rings is 1. The highest BCUT2D eigenvalue weighted by molar-refractivity contribution is 6.33. The van der Waals surface area contributed by atoms with E-state index in [9.17, 15) is 0 Å². The fraction of sp³-hybridized carbons (Fsp3) is 0.100. The van der Waals surface area contributed by atoms with Crippen molar-refractivity contribution < 1.29 is 0 Å². The predicted octanol–water partition coefficient (Wildman–Crippen LogP) is 4.69. The van der Waals surface area contributed by atoms with E-state index in [1.54, 1.807) is 18.2 Å². The largest absolute Gasteiger partial charge is 0.0898 e. The third-order valence-corrected chi connectivity index (χ3v) is 2.24. The molecule has 1 rings (SSSR count). The lowest BCUT2D eigenvalue weighted by Crippen LogP contribution is -1.83. The van der Waals surface area contributed by atoms with Crippen LogP contribution in [0.2, 0.25) is 10.0 Å². The summed E-state index contributed by atoms with van der Waals surface area (Å²) in [6.45, 7) is 3.58. The van der Waals surface area contributed by atoms with Gasteiger partial charge in [0.15, 0.2) is 0 Å². The molecule has 1 radical (unpaired) electrons. The molecule has 0 saturated carbocycles. The summed E-state index contributed by atoms with van der Waals surface area (Å²) in [5.41, 5.74) is 0.885. The lowest BCUT2D eigenvalue weighted by Gasteiger charge is -2.03. The van der Waals surface area contributed by atoms with Gasteiger partial charge in [0.25, 0.3) is 0 Å². The van der Waals surface area contributed by atoms with Crippen LogP contribution in [0, 0.1) is 6.42 Å². The maximum absolute atomic E-state index is 5.92. The minimum absolute atomic E-state index is 0.580. The van der Waals surface area contributed by atoms with Gasteiger partial charge in [0.2, 0.25) is 0 Å². The van der Waals surface area contributed by atoms with Gasteiger partial charge < -0.3 is 0 Å². The normalized spacial score (nSPS) is 10.1. The summed E-state index contributed by atoms with van der Waals surface area (Å²) in [5.74, 6) is 0. The van der Waals surface area contributed by atoms with Gasteiger partial charge in [-0.15, -0.1) is 0 Å². The highest BCUT2D eigenvalue weighted by atomic mass is 35.5. The van der Waals surface area contributed by atoms with Gasteiger partial charge >= 0.3 is 0 Å². The second kappa shape index (κ2) is 4.90. The standard InChI is InChI=1S/C10H8Cl3/c1-7(11)2-3-8-6-9(12)4-5-10(8)13/h3-6H,1-2H2. The van der Waals surface area contributed by atoms with Crippen LogP contribution in [0.25, 0.3) is 0 Å². The molecule has 0 fully saturated rings. The molecule has 0 spiro atoms. The van der Waals surface area contributed by atoms with Crippen molar-refractivity contribution in [1.82, 2.24) is 0 Å². The van der Waals surface area contributed by atoms with E-state index in [2.05, 4.69) is 6.58 Å². The summed E-state index contributed by atoms with van der Waals surface area (Å²) in [6, 6.07) is 5.30. The van der Waals surface area contributed by atoms with E-state index < -0.39 is 0 Å². The van der Waals surface area contributed by atoms with Crippen molar-refractivity contribution in [2.45, 2.75) is 6.42 Å². The third-order valence-electron chi connectivity index (χ3n) is 1.50. The zero-order chi connectivity index (χ0) is 9.84. The van der Waals surface area contributed by atoms with Gasteiger partial charge in [0.1, 0.15) is 0 Å². The van der Waals surface area contributed by atoms with Crippen molar-refractivity contribution >= 4 is 34.8 Å². The van der Waals surface area contributed by atoms with Crippen molar-refractivity contribution in [3.8, 4) is 0 Å². The van der Waals surface area contributed by atoms with Crippen molar-refractivity contribution in [3.63, 3.8) is 0 Å². The van der Waals surface area contributed by atoms with Crippen LogP contribution in [0.15, 0.2) is 29.8 Å². The topological polar surface area (TPSA) is 0 Å². The Kier molecular flexibility index (Phi) is 4.11. The van der Waals surface area contributed by atoms with Gasteiger partial charge in [-0.2, -0.15) is 0 Å². The molecule has 69 valence electrons. The highest BCUT2D eigenvalue weighted by Gasteiger charge is 2.01. The Morgan fingerprint density at radius 1 is 1.38 bits per heavy atom. The lowest BCUT2D eigenvalue weighted by atomic mass is 10.1. The first kappa shape index (κ1) is 10.9. The molecule has 0 aromatic heterocycles. The monoisotopic (exact) mass is 233 g/mol. The minimum atomic E-state index is 0.580. The molecule has 0 amide bonds. The lowest BCUT2D eigenvalue weighted by molar-refractivity contribution is 1.22. The molecule has 0 aliphatic heterocycles. The summed E-state index contributed by atoms with van der Waals surface area (Å²) in [4.78, 5) is 0. The first-order valence-corrected chi connectivity index (χ1v) is 4.84. The number of halogens is 3. The first-order valence-electron chi connectivity index (χ1n) is 3.71. The number of allylic oxidation sites excluding steroid dienone is 1. The SMILES string of the molecule is C=C(Cl)C[CH]c1cc(Cl)ccc1Cl. The Morgan fingerprint density at radius 3 is 2.69 bits per heavy atom. The maximum atomic E-state index is 5.92. The fourth-order valence-electron chi connectivity index (χ4n) is 0.892. The van der Waals surface area contributed by atoms with E-state index in [0.717, 1.165) is 5.56 Å². The second-order valence-electron chi connectivity index (χ2n) is 2.59. The Hall–Kier alpha value is -0.170. The summed E-state index contributed by atoms with van der Waals surface area (Å²) in [7, 11) is 0. The summed E-state index contributed by atoms with van der Waals surface area (Å²) in [5, 5.41) is 1.91. The quantitative estimate of drug-likeness (QED) is 0.712. The third kappa shape index (κ3) is 3.60. The van der Waals surface area contributed by atoms with Crippen LogP contribution in [0.4, 0.5) is 0 Å². The van der Waals surface area contributed by atoms with Crippen molar-refractivity contribution in [3.05, 3.63) is 51.8 Å². The summed E-state index contributed by atoms with van der Waals surface area (Å²) >= 11 is 17.3. The van der Waals surface area contributed by atoms with E-state index in [0.29, 0.717) is 21.5 Å². The van der Waals surface area contributed by atoms with E-state index in [1.165, 1.54) is 0 Å². The van der Waals surface area contributed by atoms with Crippen molar-refractivity contribution in [2.75, 3.05) is 0 Å². The van der Waals surface area contributed by atoms with Gasteiger partial charge in [-0.3, -0.25) is 0 Å². The molecule has 1 aromatic carbocycles. The molecular formula is C10H8Cl3. The van der Waals surface area contributed by atoms with Gasteiger partial charge in [0.05, 0.1) is 0 Å². The second-order valence-corrected chi connectivity index (χ2v) is 3.97. The Labute approximate surface area is 93.1 Å². The first-order chi connectivity index (χ1) is 6.09. The molecule has 0 bridgehead atoms. The molecule has 0 N–H and O–H groups in total. The predicted molar refractivity (Wildman–Crippen MR) is 59.5 cm³/mol. The molecular weight excluding hydrogens is 226 g/mol. The number of hydrogen-bond donors (Lipinski definition) is 0. The van der Waals surface area contributed by atoms with Gasteiger partial charge in [-0.05, 0) is 36.6 Å². The van der Waals surface area contributed by atoms with E-state index >= 15 is 0 Å². The number of rotatable bonds is 3. The molecule has 0 unspecified atom stereocenters. The fourth-order valence-corrected chi connectivity index (χ4v) is 1.34. The molecule has 13 heavy (non-hydrogen) atoms. The maximum Gasteiger partial charge on any atom is 0.0442 e. The van der Waals surface area contributed by atoms with Crippen molar-refractivity contribution in [2.24, 2.45) is 0 Å². The summed E-state index contributed by atoms with van der Waals surface area (Å²) < 4.78 is 0. The highest BCUT2D eigenvalue weighted by Crippen LogP contribution is 2.24. The zero-order valence-electron chi connectivity index (χ0n) is 6.86. The average molecular weight is 235 g/mol. The number of hydrogen-bond acceptors (Lipinski definition) is 0. The molecule has 1 aromatic rings. The van der Waals surface area contributed by atoms with Gasteiger partial charge in [-0.25, -0.2) is 0 Å². The molecule has 0 nitrogen and oxygen atoms in total. The minimum Gasteiger partial charge on any atom is -0.0898 e. The molecule has 0 atom stereocenters. The molecule has 0 aliphatic carbocycles. The molecule has 0 saturated heterocycles. The van der Waals surface area contributed by atoms with E-state index in [1.807, 2.05) is 6.42 Å². The van der Waals surface area contributed by atoms with Crippen molar-refractivity contribution in [1.29, 1.82) is 0 Å². The van der Waals surface area contributed by atoms with E-state index in [-0.39, 0.29) is 0 Å². The zero-order valence-corrected chi connectivity index (χ0v) is 9.13. The van der Waals surface area contributed by atoms with Gasteiger partial charge in [-0.1, -0.05) is 41.4 Å². The van der Waals surface area contributed by atoms with Crippen LogP contribution >= 0.6 is 34.8 Å². The van der Waals surface area contributed by atoms with Gasteiger partial charge in [0, 0.05) is 15.1 Å². The Balaban J connectivity index is 2.75. The van der Waals surface area contributed by atoms with Crippen LogP contribution in [-0.2, 0) is 0 Å². The van der Waals surface area contributed by atoms with Crippen LogP contribution in [0.3, 0.4) is 0 Å². The smallest absolute Gasteiger partial charge is 0.0442 e. The van der Waals surface area contributed by atoms with Crippen LogP contribution in [-0.4, -0.2) is 0 Å². The van der Waals surface area contributed by atoms with Crippen LogP contribution in [0.5, 0.6) is 0 Å². The Bertz CT molecular complexity index is 318. The molecule has 0 heterocycles. The van der Waals surface area contributed by atoms with E-state index in [4.69, 9.17) is 34.8 Å². The van der Waals surface area contributed by atoms with Crippen LogP contribution in [0.1, 0.15) is 12.0 Å². The molecule has 3 heteroatoms. The average Bonchev–Trinajstić information content (AvgIpc) is 2.06. The summed E-state index contributed by atoms with van der Waals surface area (Å²) in [6.07, 6.45) is 2.49. The Morgan fingerprint density at radius 2 is 2.08 bits per heavy atom.